The molecule has 0 bridgehead atoms. The molecule has 192 valence electrons. The maximum Gasteiger partial charge on any atom is 0.393 e. The number of amides is 1. The summed E-state index contributed by atoms with van der Waals surface area (Å²) in [7, 11) is -4.29. The number of carbonyl (C=O) groups is 1. The lowest BCUT2D eigenvalue weighted by atomic mass is 9.84. The third kappa shape index (κ3) is 6.75. The van der Waals surface area contributed by atoms with Crippen molar-refractivity contribution in [3.63, 3.8) is 0 Å². The van der Waals surface area contributed by atoms with E-state index in [9.17, 15) is 26.4 Å². The highest BCUT2D eigenvalue weighted by Gasteiger charge is 2.50. The van der Waals surface area contributed by atoms with Gasteiger partial charge in [-0.3, -0.25) is 4.79 Å². The number of nitrogens with zero attached hydrogens (tertiary/aromatic N) is 1. The molecular formula is C24H28ClF3N2O4S. The van der Waals surface area contributed by atoms with Crippen LogP contribution in [-0.2, 0) is 16.6 Å². The topological polar surface area (TPSA) is 86.7 Å². The van der Waals surface area contributed by atoms with Gasteiger partial charge in [-0.15, -0.1) is 0 Å². The van der Waals surface area contributed by atoms with Gasteiger partial charge in [0, 0.05) is 29.2 Å². The number of hydrogen-bond donors (Lipinski definition) is 2. The van der Waals surface area contributed by atoms with Gasteiger partial charge in [0.25, 0.3) is 5.91 Å². The molecule has 0 aromatic heterocycles. The van der Waals surface area contributed by atoms with Crippen LogP contribution in [0.15, 0.2) is 53.4 Å². The summed E-state index contributed by atoms with van der Waals surface area (Å²) in [6.45, 7) is 1.12. The van der Waals surface area contributed by atoms with Gasteiger partial charge in [0.1, 0.15) is 0 Å². The van der Waals surface area contributed by atoms with Gasteiger partial charge in [0.15, 0.2) is 0 Å². The van der Waals surface area contributed by atoms with Gasteiger partial charge >= 0.3 is 6.18 Å². The molecule has 3 rings (SSSR count). The highest BCUT2D eigenvalue weighted by molar-refractivity contribution is 7.89. The van der Waals surface area contributed by atoms with Crippen LogP contribution in [0.1, 0.15) is 48.5 Å². The van der Waals surface area contributed by atoms with Crippen molar-refractivity contribution in [2.24, 2.45) is 5.92 Å². The minimum absolute atomic E-state index is 0.0938. The number of aliphatic hydroxyl groups excluding tert-OH is 1. The molecular weight excluding hydrogens is 505 g/mol. The Morgan fingerprint density at radius 1 is 1.11 bits per heavy atom. The zero-order chi connectivity index (χ0) is 25.8. The van der Waals surface area contributed by atoms with Crippen LogP contribution in [0, 0.1) is 5.92 Å². The fourth-order valence-corrected chi connectivity index (χ4v) is 6.06. The first-order chi connectivity index (χ1) is 16.4. The number of carbonyl (C=O) groups excluding carboxylic acids is 1. The Morgan fingerprint density at radius 3 is 2.29 bits per heavy atom. The minimum Gasteiger partial charge on any atom is -0.394 e. The molecule has 1 saturated carbocycles. The summed E-state index contributed by atoms with van der Waals surface area (Å²) in [5, 5.41) is 12.0. The zero-order valence-electron chi connectivity index (χ0n) is 19.1. The van der Waals surface area contributed by atoms with Crippen molar-refractivity contribution in [3.8, 4) is 0 Å². The number of rotatable bonds is 8. The number of halogens is 4. The molecule has 35 heavy (non-hydrogen) atoms. The third-order valence-electron chi connectivity index (χ3n) is 6.15. The maximum absolute atomic E-state index is 13.9. The van der Waals surface area contributed by atoms with Crippen LogP contribution in [0.25, 0.3) is 0 Å². The first kappa shape index (κ1) is 27.4. The molecule has 1 fully saturated rings. The van der Waals surface area contributed by atoms with E-state index in [-0.39, 0.29) is 36.5 Å². The molecule has 0 spiro atoms. The monoisotopic (exact) mass is 532 g/mol. The number of aliphatic hydroxyl groups is 1. The van der Waals surface area contributed by atoms with Crippen molar-refractivity contribution in [2.75, 3.05) is 6.61 Å². The lowest BCUT2D eigenvalue weighted by Gasteiger charge is -2.40. The predicted octanol–water partition coefficient (Wildman–Crippen LogP) is 4.76. The van der Waals surface area contributed by atoms with Gasteiger partial charge in [-0.1, -0.05) is 36.6 Å². The van der Waals surface area contributed by atoms with Gasteiger partial charge in [0.2, 0.25) is 10.0 Å². The normalized spacial score (nSPS) is 20.0. The average Bonchev–Trinajstić information content (AvgIpc) is 2.82. The molecule has 2 unspecified atom stereocenters. The lowest BCUT2D eigenvalue weighted by Crippen LogP contribution is -2.49. The summed E-state index contributed by atoms with van der Waals surface area (Å²) in [6.07, 6.45) is -3.71. The van der Waals surface area contributed by atoms with Crippen molar-refractivity contribution in [3.05, 3.63) is 64.7 Å². The van der Waals surface area contributed by atoms with E-state index in [1.165, 1.54) is 48.5 Å². The molecule has 1 aliphatic rings. The summed E-state index contributed by atoms with van der Waals surface area (Å²) in [6, 6.07) is 9.63. The van der Waals surface area contributed by atoms with Crippen molar-refractivity contribution >= 4 is 27.5 Å². The molecule has 0 aliphatic heterocycles. The molecule has 2 aromatic carbocycles. The summed E-state index contributed by atoms with van der Waals surface area (Å²) < 4.78 is 69.8. The maximum atomic E-state index is 13.9. The summed E-state index contributed by atoms with van der Waals surface area (Å²) in [5.74, 6) is -2.20. The first-order valence-electron chi connectivity index (χ1n) is 11.3. The summed E-state index contributed by atoms with van der Waals surface area (Å²) in [5.41, 5.74) is 0.729. The standard InChI is InChI=1S/C24H28ClF3N2O4S/c1-16(15-31)29-23(32)18-8-6-17(7-9-18)14-30(22-5-3-2-4-21(22)24(26,27)28)35(33,34)20-12-10-19(25)11-13-20/h6-13,16,21-22,31H,2-5,14-15H2,1H3,(H,29,32)/t16?,21?,22-/m0/s1. The van der Waals surface area contributed by atoms with E-state index in [2.05, 4.69) is 5.32 Å². The van der Waals surface area contributed by atoms with Gasteiger partial charge in [-0.2, -0.15) is 17.5 Å². The first-order valence-corrected chi connectivity index (χ1v) is 13.1. The number of hydrogen-bond acceptors (Lipinski definition) is 4. The van der Waals surface area contributed by atoms with Crippen LogP contribution in [0.4, 0.5) is 13.2 Å². The number of alkyl halides is 3. The molecule has 3 atom stereocenters. The number of benzene rings is 2. The minimum atomic E-state index is -4.54. The Hall–Kier alpha value is -2.14. The second kappa shape index (κ2) is 11.3. The fourth-order valence-electron chi connectivity index (χ4n) is 4.25. The third-order valence-corrected chi connectivity index (χ3v) is 8.28. The predicted molar refractivity (Wildman–Crippen MR) is 126 cm³/mol. The molecule has 6 nitrogen and oxygen atoms in total. The smallest absolute Gasteiger partial charge is 0.393 e. The molecule has 1 aliphatic carbocycles. The Balaban J connectivity index is 1.96. The molecule has 0 saturated heterocycles. The van der Waals surface area contributed by atoms with Crippen LogP contribution in [0.2, 0.25) is 5.02 Å². The van der Waals surface area contributed by atoms with Gasteiger partial charge in [0.05, 0.1) is 17.4 Å². The van der Waals surface area contributed by atoms with E-state index < -0.39 is 40.1 Å². The SMILES string of the molecule is CC(CO)NC(=O)c1ccc(CN([C@H]2CCCCC2C(F)(F)F)S(=O)(=O)c2ccc(Cl)cc2)cc1. The number of sulfonamides is 1. The largest absolute Gasteiger partial charge is 0.394 e. The lowest BCUT2D eigenvalue weighted by molar-refractivity contribution is -0.194. The fraction of sp³-hybridized carbons (Fsp3) is 0.458. The van der Waals surface area contributed by atoms with E-state index in [0.717, 1.165) is 4.31 Å². The highest BCUT2D eigenvalue weighted by atomic mass is 35.5. The van der Waals surface area contributed by atoms with E-state index in [0.29, 0.717) is 23.4 Å². The molecule has 0 heterocycles. The Labute approximate surface area is 208 Å². The van der Waals surface area contributed by atoms with Crippen LogP contribution >= 0.6 is 11.6 Å². The second-order valence-electron chi connectivity index (χ2n) is 8.76. The summed E-state index contributed by atoms with van der Waals surface area (Å²) in [4.78, 5) is 12.1. The second-order valence-corrected chi connectivity index (χ2v) is 11.1. The van der Waals surface area contributed by atoms with Crippen molar-refractivity contribution in [1.82, 2.24) is 9.62 Å². The van der Waals surface area contributed by atoms with Crippen LogP contribution < -0.4 is 5.32 Å². The quantitative estimate of drug-likeness (QED) is 0.513. The van der Waals surface area contributed by atoms with Crippen LogP contribution in [0.5, 0.6) is 0 Å². The molecule has 2 aromatic rings. The average molecular weight is 533 g/mol. The Morgan fingerprint density at radius 2 is 1.71 bits per heavy atom. The van der Waals surface area contributed by atoms with Gasteiger partial charge in [-0.25, -0.2) is 8.42 Å². The van der Waals surface area contributed by atoms with E-state index in [1.54, 1.807) is 6.92 Å². The van der Waals surface area contributed by atoms with E-state index in [4.69, 9.17) is 16.7 Å². The van der Waals surface area contributed by atoms with E-state index >= 15 is 0 Å². The Kier molecular flexibility index (Phi) is 8.85. The highest BCUT2D eigenvalue weighted by Crippen LogP contribution is 2.42. The van der Waals surface area contributed by atoms with E-state index in [1.807, 2.05) is 0 Å². The molecule has 11 heteroatoms. The van der Waals surface area contributed by atoms with Crippen molar-refractivity contribution < 1.29 is 31.5 Å². The van der Waals surface area contributed by atoms with Crippen LogP contribution in [-0.4, -0.2) is 48.6 Å². The van der Waals surface area contributed by atoms with Crippen molar-refractivity contribution in [2.45, 2.75) is 62.3 Å². The van der Waals surface area contributed by atoms with Crippen molar-refractivity contribution in [1.29, 1.82) is 0 Å². The van der Waals surface area contributed by atoms with Crippen LogP contribution in [0.3, 0.4) is 0 Å². The zero-order valence-corrected chi connectivity index (χ0v) is 20.7. The Bertz CT molecular complexity index is 1110. The molecule has 0 radical (unpaired) electrons. The summed E-state index contributed by atoms with van der Waals surface area (Å²) >= 11 is 5.88. The number of nitrogens with one attached hydrogen (secondary N) is 1. The van der Waals surface area contributed by atoms with Gasteiger partial charge in [-0.05, 0) is 61.7 Å². The molecule has 2 N–H and O–H groups in total. The van der Waals surface area contributed by atoms with Gasteiger partial charge < -0.3 is 10.4 Å². The molecule has 1 amide bonds.